The van der Waals surface area contributed by atoms with Crippen molar-refractivity contribution < 1.29 is 0 Å². The molecule has 0 heteroatoms. The third-order valence-corrected chi connectivity index (χ3v) is 5.43. The second kappa shape index (κ2) is 5.89. The second-order valence-electron chi connectivity index (χ2n) is 7.05. The smallest absolute Gasteiger partial charge is 0.0237 e. The Hall–Kier alpha value is -2.86. The molecule has 0 amide bonds. The van der Waals surface area contributed by atoms with Gasteiger partial charge in [-0.3, -0.25) is 0 Å². The van der Waals surface area contributed by atoms with Crippen LogP contribution in [-0.2, 0) is 12.8 Å². The van der Waals surface area contributed by atoms with Gasteiger partial charge in [-0.05, 0) is 46.2 Å². The molecule has 0 saturated carbocycles. The standard InChI is InChI=1S/C25H20/c1-2-6-19(7-3-1)24-16-21-11-10-18(15-23(21)17-24)14-22-13-12-20-8-4-5-9-25(20)22/h1-13,15,17,25H,14,16H2. The van der Waals surface area contributed by atoms with E-state index in [-0.39, 0.29) is 0 Å². The van der Waals surface area contributed by atoms with Crippen LogP contribution >= 0.6 is 0 Å². The molecule has 0 radical (unpaired) electrons. The van der Waals surface area contributed by atoms with Gasteiger partial charge >= 0.3 is 0 Å². The van der Waals surface area contributed by atoms with Gasteiger partial charge in [-0.1, -0.05) is 96.6 Å². The van der Waals surface area contributed by atoms with Gasteiger partial charge in [0, 0.05) is 5.92 Å². The van der Waals surface area contributed by atoms with Crippen molar-refractivity contribution >= 4 is 11.6 Å². The molecule has 0 saturated heterocycles. The Morgan fingerprint density at radius 1 is 0.920 bits per heavy atom. The fraction of sp³-hybridized carbons (Fsp3) is 0.120. The number of hydrogen-bond acceptors (Lipinski definition) is 0. The van der Waals surface area contributed by atoms with Crippen molar-refractivity contribution in [1.82, 2.24) is 0 Å². The lowest BCUT2D eigenvalue weighted by Gasteiger charge is -2.16. The lowest BCUT2D eigenvalue weighted by Crippen LogP contribution is -2.04. The summed E-state index contributed by atoms with van der Waals surface area (Å²) in [5.41, 5.74) is 9.94. The van der Waals surface area contributed by atoms with Crippen molar-refractivity contribution in [3.63, 3.8) is 0 Å². The summed E-state index contributed by atoms with van der Waals surface area (Å²) in [6.07, 6.45) is 17.8. The molecule has 25 heavy (non-hydrogen) atoms. The average Bonchev–Trinajstić information content (AvgIpc) is 3.27. The molecule has 2 aromatic rings. The molecule has 1 atom stereocenters. The zero-order valence-corrected chi connectivity index (χ0v) is 14.2. The average molecular weight is 320 g/mol. The van der Waals surface area contributed by atoms with Crippen molar-refractivity contribution in [3.8, 4) is 0 Å². The van der Waals surface area contributed by atoms with E-state index in [0.717, 1.165) is 12.8 Å². The molecular weight excluding hydrogens is 300 g/mol. The number of allylic oxidation sites excluding steroid dienone is 9. The summed E-state index contributed by atoms with van der Waals surface area (Å²) in [7, 11) is 0. The zero-order chi connectivity index (χ0) is 16.6. The van der Waals surface area contributed by atoms with Gasteiger partial charge in [0.15, 0.2) is 0 Å². The summed E-state index contributed by atoms with van der Waals surface area (Å²) >= 11 is 0. The van der Waals surface area contributed by atoms with Crippen molar-refractivity contribution in [2.75, 3.05) is 0 Å². The fourth-order valence-corrected chi connectivity index (χ4v) is 4.10. The van der Waals surface area contributed by atoms with Crippen LogP contribution in [0.25, 0.3) is 11.6 Å². The molecule has 0 nitrogen and oxygen atoms in total. The number of hydrogen-bond donors (Lipinski definition) is 0. The van der Waals surface area contributed by atoms with Gasteiger partial charge in [-0.15, -0.1) is 0 Å². The first-order valence-corrected chi connectivity index (χ1v) is 9.00. The van der Waals surface area contributed by atoms with E-state index in [1.807, 2.05) is 0 Å². The van der Waals surface area contributed by atoms with Gasteiger partial charge in [0.05, 0.1) is 0 Å². The zero-order valence-electron chi connectivity index (χ0n) is 14.2. The Morgan fingerprint density at radius 2 is 1.84 bits per heavy atom. The van der Waals surface area contributed by atoms with Crippen LogP contribution in [0.15, 0.2) is 96.1 Å². The Kier molecular flexibility index (Phi) is 3.41. The molecule has 0 fully saturated rings. The predicted octanol–water partition coefficient (Wildman–Crippen LogP) is 5.93. The molecule has 0 aromatic heterocycles. The molecule has 3 aliphatic rings. The predicted molar refractivity (Wildman–Crippen MR) is 106 cm³/mol. The van der Waals surface area contributed by atoms with Crippen LogP contribution in [0.4, 0.5) is 0 Å². The highest BCUT2D eigenvalue weighted by atomic mass is 14.3. The minimum atomic E-state index is 0.480. The van der Waals surface area contributed by atoms with Crippen LogP contribution in [-0.4, -0.2) is 0 Å². The summed E-state index contributed by atoms with van der Waals surface area (Å²) in [5.74, 6) is 0.480. The molecule has 120 valence electrons. The van der Waals surface area contributed by atoms with Crippen LogP contribution < -0.4 is 0 Å². The maximum atomic E-state index is 2.38. The van der Waals surface area contributed by atoms with Gasteiger partial charge in [0.2, 0.25) is 0 Å². The van der Waals surface area contributed by atoms with E-state index in [1.54, 1.807) is 0 Å². The fourth-order valence-electron chi connectivity index (χ4n) is 4.10. The first kappa shape index (κ1) is 14.5. The highest BCUT2D eigenvalue weighted by Crippen LogP contribution is 2.36. The van der Waals surface area contributed by atoms with Gasteiger partial charge in [-0.25, -0.2) is 0 Å². The molecule has 3 aliphatic carbocycles. The summed E-state index contributed by atoms with van der Waals surface area (Å²) in [5, 5.41) is 0. The van der Waals surface area contributed by atoms with Gasteiger partial charge in [-0.2, -0.15) is 0 Å². The number of fused-ring (bicyclic) bond motifs is 2. The van der Waals surface area contributed by atoms with E-state index in [0.29, 0.717) is 5.92 Å². The Balaban J connectivity index is 1.39. The maximum Gasteiger partial charge on any atom is 0.0237 e. The minimum absolute atomic E-state index is 0.480. The van der Waals surface area contributed by atoms with E-state index in [4.69, 9.17) is 0 Å². The van der Waals surface area contributed by atoms with E-state index in [1.165, 1.54) is 39.0 Å². The molecule has 0 heterocycles. The van der Waals surface area contributed by atoms with E-state index < -0.39 is 0 Å². The summed E-state index contributed by atoms with van der Waals surface area (Å²) in [4.78, 5) is 0. The van der Waals surface area contributed by atoms with Gasteiger partial charge < -0.3 is 0 Å². The van der Waals surface area contributed by atoms with Crippen molar-refractivity contribution in [2.24, 2.45) is 5.92 Å². The molecule has 0 N–H and O–H groups in total. The van der Waals surface area contributed by atoms with Crippen LogP contribution in [0.3, 0.4) is 0 Å². The second-order valence-corrected chi connectivity index (χ2v) is 7.05. The monoisotopic (exact) mass is 320 g/mol. The van der Waals surface area contributed by atoms with Crippen molar-refractivity contribution in [2.45, 2.75) is 12.8 Å². The molecule has 2 aromatic carbocycles. The lowest BCUT2D eigenvalue weighted by molar-refractivity contribution is 0.886. The molecule has 5 rings (SSSR count). The maximum absolute atomic E-state index is 2.38. The molecule has 0 bridgehead atoms. The van der Waals surface area contributed by atoms with Crippen LogP contribution in [0, 0.1) is 5.92 Å². The first-order valence-electron chi connectivity index (χ1n) is 9.00. The first-order chi connectivity index (χ1) is 12.4. The SMILES string of the molecule is C1=CC2=CC=C(Cc3ccc4c(c3)C=C(c3ccccc3)C4)C2C=C1. The summed E-state index contributed by atoms with van der Waals surface area (Å²) < 4.78 is 0. The molecule has 1 unspecified atom stereocenters. The lowest BCUT2D eigenvalue weighted by atomic mass is 9.88. The quantitative estimate of drug-likeness (QED) is 0.657. The summed E-state index contributed by atoms with van der Waals surface area (Å²) in [6, 6.07) is 17.7. The molecular formula is C25H20. The normalized spacial score (nSPS) is 20.0. The third-order valence-electron chi connectivity index (χ3n) is 5.43. The largest absolute Gasteiger partial charge is 0.0730 e. The van der Waals surface area contributed by atoms with Crippen molar-refractivity contribution in [1.29, 1.82) is 0 Å². The molecule has 0 spiro atoms. The van der Waals surface area contributed by atoms with Crippen LogP contribution in [0.1, 0.15) is 22.3 Å². The van der Waals surface area contributed by atoms with Crippen LogP contribution in [0.2, 0.25) is 0 Å². The number of rotatable bonds is 3. The van der Waals surface area contributed by atoms with Gasteiger partial charge in [0.1, 0.15) is 0 Å². The minimum Gasteiger partial charge on any atom is -0.0730 e. The highest BCUT2D eigenvalue weighted by Gasteiger charge is 2.21. The van der Waals surface area contributed by atoms with Crippen LogP contribution in [0.5, 0.6) is 0 Å². The van der Waals surface area contributed by atoms with Crippen molar-refractivity contribution in [3.05, 3.63) is 118 Å². The Morgan fingerprint density at radius 3 is 2.76 bits per heavy atom. The topological polar surface area (TPSA) is 0 Å². The van der Waals surface area contributed by atoms with Gasteiger partial charge in [0.25, 0.3) is 0 Å². The highest BCUT2D eigenvalue weighted by molar-refractivity contribution is 5.88. The van der Waals surface area contributed by atoms with E-state index in [9.17, 15) is 0 Å². The van der Waals surface area contributed by atoms with E-state index in [2.05, 4.69) is 91.1 Å². The Bertz CT molecular complexity index is 978. The molecule has 0 aliphatic heterocycles. The summed E-state index contributed by atoms with van der Waals surface area (Å²) in [6.45, 7) is 0. The number of benzene rings is 2. The Labute approximate surface area is 149 Å². The van der Waals surface area contributed by atoms with E-state index >= 15 is 0 Å². The third kappa shape index (κ3) is 2.64.